The predicted molar refractivity (Wildman–Crippen MR) is 103 cm³/mol. The summed E-state index contributed by atoms with van der Waals surface area (Å²) < 4.78 is 30.6. The maximum absolute atomic E-state index is 14.6. The normalized spacial score (nSPS) is 17.7. The Bertz CT molecular complexity index is 835. The molecule has 2 aromatic rings. The fraction of sp³-hybridized carbons (Fsp3) is 0.368. The number of ether oxygens (including phenoxy) is 3. The number of aromatic nitrogens is 1. The Morgan fingerprint density at radius 2 is 2.14 bits per heavy atom. The summed E-state index contributed by atoms with van der Waals surface area (Å²) in [4.78, 5) is 16.2. The third-order valence-corrected chi connectivity index (χ3v) is 4.40. The summed E-state index contributed by atoms with van der Waals surface area (Å²) in [5.41, 5.74) is 0.373. The number of nitrogens with zero attached hydrogens (tertiary/aromatic N) is 1. The summed E-state index contributed by atoms with van der Waals surface area (Å²) in [6.45, 7) is 2.21. The molecule has 1 fully saturated rings. The van der Waals surface area contributed by atoms with Crippen molar-refractivity contribution in [2.24, 2.45) is 0 Å². The lowest BCUT2D eigenvalue weighted by Crippen LogP contribution is -2.31. The molecule has 0 aliphatic heterocycles. The van der Waals surface area contributed by atoms with Crippen LogP contribution in [0.25, 0.3) is 0 Å². The number of methoxy groups -OCH3 is 1. The number of hydrogen-bond donors (Lipinski definition) is 2. The van der Waals surface area contributed by atoms with E-state index in [0.717, 1.165) is 0 Å². The number of nitrogens with one attached hydrogen (secondary N) is 2. The first-order valence-corrected chi connectivity index (χ1v) is 9.17. The smallest absolute Gasteiger partial charge is 0.320 e. The van der Waals surface area contributed by atoms with Crippen molar-refractivity contribution >= 4 is 23.4 Å². The Labute approximate surface area is 167 Å². The molecule has 2 amide bonds. The predicted octanol–water partition coefficient (Wildman–Crippen LogP) is 3.93. The Kier molecular flexibility index (Phi) is 6.53. The highest BCUT2D eigenvalue weighted by atomic mass is 35.5. The number of pyridine rings is 1. The molecule has 0 radical (unpaired) electrons. The van der Waals surface area contributed by atoms with Gasteiger partial charge in [-0.15, -0.1) is 0 Å². The lowest BCUT2D eigenvalue weighted by molar-refractivity contribution is 0.0476. The summed E-state index contributed by atoms with van der Waals surface area (Å²) in [6, 6.07) is 5.42. The molecule has 28 heavy (non-hydrogen) atoms. The number of halogens is 2. The molecule has 2 N–H and O–H groups in total. The zero-order valence-corrected chi connectivity index (χ0v) is 16.3. The van der Waals surface area contributed by atoms with Crippen LogP contribution in [0.3, 0.4) is 0 Å². The molecule has 3 rings (SSSR count). The average Bonchev–Trinajstić information content (AvgIpc) is 3.42. The van der Waals surface area contributed by atoms with Crippen LogP contribution >= 0.6 is 11.6 Å². The largest absolute Gasteiger partial charge is 0.490 e. The van der Waals surface area contributed by atoms with Crippen LogP contribution in [0.2, 0.25) is 5.02 Å². The van der Waals surface area contributed by atoms with E-state index in [4.69, 9.17) is 25.8 Å². The summed E-state index contributed by atoms with van der Waals surface area (Å²) in [5.74, 6) is 0.474. The van der Waals surface area contributed by atoms with Crippen LogP contribution in [0.15, 0.2) is 30.5 Å². The van der Waals surface area contributed by atoms with Gasteiger partial charge in [-0.05, 0) is 37.6 Å². The Morgan fingerprint density at radius 1 is 1.32 bits per heavy atom. The molecule has 0 spiro atoms. The standard InChI is InChI=1S/C19H21ClFN3O4/c1-3-27-15-6-5-13(21)17(18(15)28-10-26-2)12-8-14(12)23-19(25)24-16-7-4-11(20)9-22-16/h4-7,9,12,14H,3,8,10H2,1-2H3,(H2,22,23,24,25)/t12-,14+/m0/s1. The van der Waals surface area contributed by atoms with Crippen molar-refractivity contribution in [2.75, 3.05) is 25.8 Å². The van der Waals surface area contributed by atoms with E-state index in [9.17, 15) is 9.18 Å². The Morgan fingerprint density at radius 3 is 2.82 bits per heavy atom. The van der Waals surface area contributed by atoms with E-state index in [0.29, 0.717) is 40.9 Å². The Balaban J connectivity index is 1.70. The fourth-order valence-electron chi connectivity index (χ4n) is 2.88. The molecule has 1 aromatic carbocycles. The van der Waals surface area contributed by atoms with Crippen LogP contribution in [0.5, 0.6) is 11.5 Å². The van der Waals surface area contributed by atoms with Crippen molar-refractivity contribution in [2.45, 2.75) is 25.3 Å². The van der Waals surface area contributed by atoms with Crippen LogP contribution in [0, 0.1) is 5.82 Å². The maximum atomic E-state index is 14.6. The first-order chi connectivity index (χ1) is 13.5. The summed E-state index contributed by atoms with van der Waals surface area (Å²) in [6.07, 6.45) is 2.02. The summed E-state index contributed by atoms with van der Waals surface area (Å²) >= 11 is 5.77. The van der Waals surface area contributed by atoms with Gasteiger partial charge >= 0.3 is 6.03 Å². The minimum atomic E-state index is -0.428. The van der Waals surface area contributed by atoms with Gasteiger partial charge in [-0.25, -0.2) is 14.2 Å². The van der Waals surface area contributed by atoms with Crippen LogP contribution in [-0.2, 0) is 4.74 Å². The van der Waals surface area contributed by atoms with Gasteiger partial charge in [0.2, 0.25) is 0 Å². The minimum absolute atomic E-state index is 0.0376. The van der Waals surface area contributed by atoms with E-state index in [1.165, 1.54) is 25.4 Å². The molecule has 0 unspecified atom stereocenters. The van der Waals surface area contributed by atoms with E-state index < -0.39 is 11.8 Å². The Hall–Kier alpha value is -2.58. The molecule has 150 valence electrons. The number of anilines is 1. The number of carbonyl (C=O) groups is 1. The first-order valence-electron chi connectivity index (χ1n) is 8.79. The molecule has 1 heterocycles. The zero-order chi connectivity index (χ0) is 20.1. The second kappa shape index (κ2) is 9.07. The van der Waals surface area contributed by atoms with E-state index >= 15 is 0 Å². The lowest BCUT2D eigenvalue weighted by atomic mass is 10.1. The van der Waals surface area contributed by atoms with Crippen molar-refractivity contribution in [3.63, 3.8) is 0 Å². The quantitative estimate of drug-likeness (QED) is 0.645. The van der Waals surface area contributed by atoms with Crippen LogP contribution < -0.4 is 20.1 Å². The van der Waals surface area contributed by atoms with Crippen molar-refractivity contribution in [3.05, 3.63) is 46.9 Å². The molecule has 9 heteroatoms. The van der Waals surface area contributed by atoms with Crippen molar-refractivity contribution < 1.29 is 23.4 Å². The molecule has 7 nitrogen and oxygen atoms in total. The number of urea groups is 1. The zero-order valence-electron chi connectivity index (χ0n) is 15.5. The van der Waals surface area contributed by atoms with Crippen molar-refractivity contribution in [1.82, 2.24) is 10.3 Å². The first kappa shape index (κ1) is 20.2. The van der Waals surface area contributed by atoms with Crippen LogP contribution in [0.1, 0.15) is 24.8 Å². The highest BCUT2D eigenvalue weighted by molar-refractivity contribution is 6.30. The molecule has 1 aromatic heterocycles. The summed E-state index contributed by atoms with van der Waals surface area (Å²) in [5, 5.41) is 5.90. The maximum Gasteiger partial charge on any atom is 0.320 e. The lowest BCUT2D eigenvalue weighted by Gasteiger charge is -2.16. The summed E-state index contributed by atoms with van der Waals surface area (Å²) in [7, 11) is 1.48. The molecule has 0 saturated heterocycles. The van der Waals surface area contributed by atoms with Gasteiger partial charge < -0.3 is 19.5 Å². The van der Waals surface area contributed by atoms with Crippen molar-refractivity contribution in [1.29, 1.82) is 0 Å². The van der Waals surface area contributed by atoms with Gasteiger partial charge in [-0.1, -0.05) is 11.6 Å². The third kappa shape index (κ3) is 4.82. The molecular weight excluding hydrogens is 389 g/mol. The van der Waals surface area contributed by atoms with Gasteiger partial charge in [-0.2, -0.15) is 0 Å². The van der Waals surface area contributed by atoms with E-state index in [1.54, 1.807) is 12.1 Å². The SMILES string of the molecule is CCOc1ccc(F)c([C@H]2C[C@H]2NC(=O)Nc2ccc(Cl)cn2)c1OCOC. The van der Waals surface area contributed by atoms with Gasteiger partial charge in [0, 0.05) is 30.8 Å². The molecule has 0 bridgehead atoms. The number of amides is 2. The number of benzene rings is 1. The van der Waals surface area contributed by atoms with Gasteiger partial charge in [0.1, 0.15) is 11.6 Å². The van der Waals surface area contributed by atoms with E-state index in [1.807, 2.05) is 6.92 Å². The van der Waals surface area contributed by atoms with Gasteiger partial charge in [0.25, 0.3) is 0 Å². The third-order valence-electron chi connectivity index (χ3n) is 4.17. The second-order valence-electron chi connectivity index (χ2n) is 6.18. The van der Waals surface area contributed by atoms with Gasteiger partial charge in [0.15, 0.2) is 18.3 Å². The number of hydrogen-bond acceptors (Lipinski definition) is 5. The monoisotopic (exact) mass is 409 g/mol. The topological polar surface area (TPSA) is 81.7 Å². The van der Waals surface area contributed by atoms with E-state index in [-0.39, 0.29) is 18.8 Å². The van der Waals surface area contributed by atoms with Crippen LogP contribution in [-0.4, -0.2) is 37.6 Å². The second-order valence-corrected chi connectivity index (χ2v) is 6.62. The highest BCUT2D eigenvalue weighted by Crippen LogP contribution is 2.49. The van der Waals surface area contributed by atoms with E-state index in [2.05, 4.69) is 15.6 Å². The number of rotatable bonds is 8. The number of carbonyl (C=O) groups excluding carboxylic acids is 1. The minimum Gasteiger partial charge on any atom is -0.490 e. The van der Waals surface area contributed by atoms with Crippen LogP contribution in [0.4, 0.5) is 15.0 Å². The van der Waals surface area contributed by atoms with Gasteiger partial charge in [0.05, 0.1) is 11.6 Å². The molecular formula is C19H21ClFN3O4. The molecule has 2 atom stereocenters. The molecule has 1 aliphatic rings. The molecule has 1 aliphatic carbocycles. The van der Waals surface area contributed by atoms with Gasteiger partial charge in [-0.3, -0.25) is 5.32 Å². The molecule has 1 saturated carbocycles. The highest BCUT2D eigenvalue weighted by Gasteiger charge is 2.44. The average molecular weight is 410 g/mol. The fourth-order valence-corrected chi connectivity index (χ4v) is 2.99. The van der Waals surface area contributed by atoms with Crippen molar-refractivity contribution in [3.8, 4) is 11.5 Å².